The third-order valence-electron chi connectivity index (χ3n) is 1.84. The van der Waals surface area contributed by atoms with Crippen LogP contribution in [-0.2, 0) is 9.59 Å². The average Bonchev–Trinajstić information content (AvgIpc) is 2.58. The van der Waals surface area contributed by atoms with Gasteiger partial charge in [-0.15, -0.1) is 0 Å². The van der Waals surface area contributed by atoms with Gasteiger partial charge in [-0.05, 0) is 13.0 Å². The van der Waals surface area contributed by atoms with Gasteiger partial charge in [0.2, 0.25) is 5.58 Å². The first kappa shape index (κ1) is 11.6. The van der Waals surface area contributed by atoms with Crippen LogP contribution < -0.4 is 0 Å². The first-order chi connectivity index (χ1) is 7.60. The molecule has 0 radical (unpaired) electrons. The summed E-state index contributed by atoms with van der Waals surface area (Å²) in [5, 5.41) is 11.3. The minimum Gasteiger partial charge on any atom is -0.454 e. The van der Waals surface area contributed by atoms with Crippen LogP contribution in [0.4, 0.5) is 5.69 Å². The monoisotopic (exact) mass is 221 g/mol. The number of fused-ring (bicyclic) bond motifs is 1. The minimum absolute atomic E-state index is 0.0191. The third-order valence-corrected chi connectivity index (χ3v) is 1.84. The molecule has 16 heavy (non-hydrogen) atoms. The van der Waals surface area contributed by atoms with Crippen LogP contribution in [0.5, 0.6) is 0 Å². The molecule has 2 aromatic rings. The van der Waals surface area contributed by atoms with E-state index in [0.29, 0.717) is 11.3 Å². The molecular weight excluding hydrogens is 214 g/mol. The molecular formula is C10H7NO5. The second-order valence-corrected chi connectivity index (χ2v) is 2.89. The molecule has 0 fully saturated rings. The van der Waals surface area contributed by atoms with Gasteiger partial charge in [0.25, 0.3) is 0 Å². The molecule has 0 amide bonds. The van der Waals surface area contributed by atoms with Crippen LogP contribution in [0.25, 0.3) is 11.0 Å². The summed E-state index contributed by atoms with van der Waals surface area (Å²) in [5.41, 5.74) is 0.371. The van der Waals surface area contributed by atoms with Gasteiger partial charge >= 0.3 is 11.8 Å². The molecule has 6 nitrogen and oxygen atoms in total. The highest BCUT2D eigenvalue weighted by molar-refractivity contribution is 5.86. The van der Waals surface area contributed by atoms with Gasteiger partial charge in [0.05, 0.1) is 4.92 Å². The fourth-order valence-electron chi connectivity index (χ4n) is 1.32. The summed E-state index contributed by atoms with van der Waals surface area (Å²) in [6, 6.07) is 6.65. The van der Waals surface area contributed by atoms with Gasteiger partial charge in [-0.2, -0.15) is 9.59 Å². The average molecular weight is 221 g/mol. The molecule has 0 saturated heterocycles. The van der Waals surface area contributed by atoms with Crippen molar-refractivity contribution < 1.29 is 18.9 Å². The zero-order valence-corrected chi connectivity index (χ0v) is 8.30. The Hall–Kier alpha value is -2.46. The van der Waals surface area contributed by atoms with Crippen molar-refractivity contribution in [2.75, 3.05) is 0 Å². The van der Waals surface area contributed by atoms with Gasteiger partial charge in [0.1, 0.15) is 5.76 Å². The maximum atomic E-state index is 10.6. The van der Waals surface area contributed by atoms with E-state index in [0.717, 1.165) is 5.39 Å². The Morgan fingerprint density at radius 2 is 2.00 bits per heavy atom. The van der Waals surface area contributed by atoms with E-state index in [2.05, 4.69) is 0 Å². The Morgan fingerprint density at radius 1 is 1.38 bits per heavy atom. The van der Waals surface area contributed by atoms with Gasteiger partial charge in [-0.3, -0.25) is 10.1 Å². The fraction of sp³-hybridized carbons (Fsp3) is 0.100. The number of nitrogens with zero attached hydrogens (tertiary/aromatic N) is 1. The molecule has 82 valence electrons. The lowest BCUT2D eigenvalue weighted by atomic mass is 10.2. The topological polar surface area (TPSA) is 90.4 Å². The molecule has 0 aliphatic heterocycles. The molecule has 0 aliphatic carbocycles. The van der Waals surface area contributed by atoms with Gasteiger partial charge in [-0.1, -0.05) is 12.1 Å². The second kappa shape index (κ2) is 4.86. The van der Waals surface area contributed by atoms with Crippen molar-refractivity contribution in [1.29, 1.82) is 0 Å². The highest BCUT2D eigenvalue weighted by Gasteiger charge is 2.14. The van der Waals surface area contributed by atoms with Crippen LogP contribution in [0.15, 0.2) is 28.7 Å². The van der Waals surface area contributed by atoms with Crippen molar-refractivity contribution in [3.05, 3.63) is 40.1 Å². The Balaban J connectivity index is 0.000000386. The number of hydrogen-bond donors (Lipinski definition) is 0. The molecule has 2 rings (SSSR count). The van der Waals surface area contributed by atoms with E-state index in [9.17, 15) is 10.1 Å². The number of rotatable bonds is 1. The minimum atomic E-state index is -0.439. The van der Waals surface area contributed by atoms with Gasteiger partial charge in [0.15, 0.2) is 0 Å². The molecule has 0 atom stereocenters. The first-order valence-electron chi connectivity index (χ1n) is 4.23. The number of carbonyl (C=O) groups excluding carboxylic acids is 2. The molecule has 1 heterocycles. The molecule has 0 saturated carbocycles. The largest absolute Gasteiger partial charge is 0.454 e. The SMILES string of the molecule is Cc1cc2cccc([N+](=O)[O-])c2o1.O=C=O. The lowest BCUT2D eigenvalue weighted by Crippen LogP contribution is -1.86. The van der Waals surface area contributed by atoms with Crippen molar-refractivity contribution in [2.24, 2.45) is 0 Å². The lowest BCUT2D eigenvalue weighted by molar-refractivity contribution is -0.383. The van der Waals surface area contributed by atoms with E-state index in [-0.39, 0.29) is 11.8 Å². The summed E-state index contributed by atoms with van der Waals surface area (Å²) in [5.74, 6) is 0.685. The number of hydrogen-bond acceptors (Lipinski definition) is 5. The van der Waals surface area contributed by atoms with Crippen molar-refractivity contribution in [1.82, 2.24) is 0 Å². The van der Waals surface area contributed by atoms with Gasteiger partial charge < -0.3 is 4.42 Å². The van der Waals surface area contributed by atoms with Crippen molar-refractivity contribution in [3.8, 4) is 0 Å². The first-order valence-corrected chi connectivity index (χ1v) is 4.23. The standard InChI is InChI=1S/C9H7NO3.CO2/c1-6-5-7-3-2-4-8(10(11)12)9(7)13-6;2-1-3/h2-5H,1H3;. The smallest absolute Gasteiger partial charge is 0.373 e. The van der Waals surface area contributed by atoms with Crippen LogP contribution in [0, 0.1) is 17.0 Å². The molecule has 1 aromatic carbocycles. The van der Waals surface area contributed by atoms with E-state index in [4.69, 9.17) is 14.0 Å². The molecule has 0 aliphatic rings. The van der Waals surface area contributed by atoms with Crippen molar-refractivity contribution in [3.63, 3.8) is 0 Å². The molecule has 1 aromatic heterocycles. The second-order valence-electron chi connectivity index (χ2n) is 2.89. The molecule has 0 bridgehead atoms. The highest BCUT2D eigenvalue weighted by atomic mass is 16.6. The zero-order valence-electron chi connectivity index (χ0n) is 8.30. The normalized spacial score (nSPS) is 9.06. The summed E-state index contributed by atoms with van der Waals surface area (Å²) in [6.07, 6.45) is 0.250. The summed E-state index contributed by atoms with van der Waals surface area (Å²) in [4.78, 5) is 26.4. The summed E-state index contributed by atoms with van der Waals surface area (Å²) < 4.78 is 5.22. The number of furan rings is 1. The zero-order chi connectivity index (χ0) is 12.1. The predicted octanol–water partition coefficient (Wildman–Crippen LogP) is 2.07. The summed E-state index contributed by atoms with van der Waals surface area (Å²) in [6.45, 7) is 1.77. The van der Waals surface area contributed by atoms with Gasteiger partial charge in [0, 0.05) is 11.5 Å². The van der Waals surface area contributed by atoms with Crippen LogP contribution in [0.3, 0.4) is 0 Å². The number of aryl methyl sites for hydroxylation is 1. The summed E-state index contributed by atoms with van der Waals surface area (Å²) in [7, 11) is 0. The van der Waals surface area contributed by atoms with E-state index in [1.165, 1.54) is 6.07 Å². The maximum absolute atomic E-state index is 10.6. The van der Waals surface area contributed by atoms with Crippen LogP contribution in [-0.4, -0.2) is 11.1 Å². The number of non-ortho nitro benzene ring substituents is 1. The Labute approximate surface area is 89.6 Å². The maximum Gasteiger partial charge on any atom is 0.373 e. The van der Waals surface area contributed by atoms with E-state index in [1.807, 2.05) is 0 Å². The van der Waals surface area contributed by atoms with Crippen molar-refractivity contribution >= 4 is 22.8 Å². The number of nitro benzene ring substituents is 1. The fourth-order valence-corrected chi connectivity index (χ4v) is 1.32. The number of benzene rings is 1. The van der Waals surface area contributed by atoms with E-state index < -0.39 is 4.92 Å². The number of nitro groups is 1. The quantitative estimate of drug-likeness (QED) is 0.543. The lowest BCUT2D eigenvalue weighted by Gasteiger charge is -1.90. The highest BCUT2D eigenvalue weighted by Crippen LogP contribution is 2.27. The Kier molecular flexibility index (Phi) is 3.53. The van der Waals surface area contributed by atoms with Crippen molar-refractivity contribution in [2.45, 2.75) is 6.92 Å². The summed E-state index contributed by atoms with van der Waals surface area (Å²) >= 11 is 0. The van der Waals surface area contributed by atoms with Crippen LogP contribution >= 0.6 is 0 Å². The molecule has 0 N–H and O–H groups in total. The third kappa shape index (κ3) is 2.31. The molecule has 6 heteroatoms. The van der Waals surface area contributed by atoms with E-state index >= 15 is 0 Å². The Bertz CT molecular complexity index is 551. The van der Waals surface area contributed by atoms with E-state index in [1.54, 1.807) is 25.1 Å². The van der Waals surface area contributed by atoms with Crippen LogP contribution in [0.1, 0.15) is 5.76 Å². The predicted molar refractivity (Wildman–Crippen MR) is 52.6 cm³/mol. The Morgan fingerprint density at radius 3 is 2.56 bits per heavy atom. The number of para-hydroxylation sites is 1. The van der Waals surface area contributed by atoms with Crippen LogP contribution in [0.2, 0.25) is 0 Å². The molecule has 0 spiro atoms. The van der Waals surface area contributed by atoms with Gasteiger partial charge in [-0.25, -0.2) is 0 Å². The molecule has 0 unspecified atom stereocenters.